The van der Waals surface area contributed by atoms with Crippen LogP contribution in [-0.2, 0) is 23.2 Å². The van der Waals surface area contributed by atoms with Gasteiger partial charge in [-0.15, -0.1) is 0 Å². The van der Waals surface area contributed by atoms with E-state index in [1.165, 1.54) is 56.2 Å². The second-order valence-corrected chi connectivity index (χ2v) is 10.7. The van der Waals surface area contributed by atoms with Crippen LogP contribution in [0, 0.1) is 0 Å². The van der Waals surface area contributed by atoms with E-state index in [9.17, 15) is 19.5 Å². The van der Waals surface area contributed by atoms with Crippen LogP contribution >= 0.6 is 0 Å². The number of hydrogen-bond donors (Lipinski definition) is 1. The van der Waals surface area contributed by atoms with Crippen LogP contribution in [0.1, 0.15) is 98.2 Å². The SMILES string of the molecule is CCCCCCCCc1ccc(OCC(=O)Cn2c(C(C)(C)C)c(C=O)c3cc(C(=O)O)ccc32)cc1. The molecular formula is C31H39NO5. The number of carboxylic acids is 1. The quantitative estimate of drug-likeness (QED) is 0.188. The molecule has 0 fully saturated rings. The van der Waals surface area contributed by atoms with Crippen LogP contribution in [0.25, 0.3) is 10.9 Å². The molecule has 1 heterocycles. The highest BCUT2D eigenvalue weighted by atomic mass is 16.5. The van der Waals surface area contributed by atoms with E-state index >= 15 is 0 Å². The number of ether oxygens (including phenoxy) is 1. The first-order valence-electron chi connectivity index (χ1n) is 13.2. The van der Waals surface area contributed by atoms with E-state index < -0.39 is 11.4 Å². The van der Waals surface area contributed by atoms with Gasteiger partial charge in [-0.25, -0.2) is 4.79 Å². The third-order valence-electron chi connectivity index (χ3n) is 6.65. The monoisotopic (exact) mass is 505 g/mol. The van der Waals surface area contributed by atoms with Gasteiger partial charge in [0.2, 0.25) is 0 Å². The molecule has 0 saturated carbocycles. The van der Waals surface area contributed by atoms with Crippen LogP contribution in [-0.4, -0.2) is 34.3 Å². The zero-order valence-corrected chi connectivity index (χ0v) is 22.5. The van der Waals surface area contributed by atoms with Gasteiger partial charge in [0.15, 0.2) is 12.1 Å². The number of unbranched alkanes of at least 4 members (excludes halogenated alkanes) is 5. The molecular weight excluding hydrogens is 466 g/mol. The van der Waals surface area contributed by atoms with E-state index in [4.69, 9.17) is 4.74 Å². The van der Waals surface area contributed by atoms with Gasteiger partial charge in [-0.1, -0.05) is 71.9 Å². The van der Waals surface area contributed by atoms with Crippen molar-refractivity contribution in [2.45, 2.75) is 84.6 Å². The molecule has 0 saturated heterocycles. The molecule has 6 heteroatoms. The number of carboxylic acid groups (broad SMARTS) is 1. The lowest BCUT2D eigenvalue weighted by atomic mass is 9.88. The number of Topliss-reactive ketones (excluding diaryl/α,β-unsaturated/α-hetero) is 1. The number of hydrogen-bond acceptors (Lipinski definition) is 4. The Balaban J connectivity index is 1.68. The topological polar surface area (TPSA) is 85.6 Å². The summed E-state index contributed by atoms with van der Waals surface area (Å²) in [5.41, 5.74) is 2.70. The first-order chi connectivity index (χ1) is 17.7. The lowest BCUT2D eigenvalue weighted by Gasteiger charge is -2.23. The standard InChI is InChI=1S/C31H39NO5/c1-5-6-7-8-9-10-11-22-12-15-25(16-13-22)37-21-24(34)19-32-28-17-14-23(30(35)36)18-26(28)27(20-33)29(32)31(2,3)4/h12-18,20H,5-11,19,21H2,1-4H3,(H,35,36). The summed E-state index contributed by atoms with van der Waals surface area (Å²) in [5.74, 6) is -0.558. The van der Waals surface area contributed by atoms with E-state index in [1.807, 2.05) is 37.5 Å². The minimum absolute atomic E-state index is 0.0273. The van der Waals surface area contributed by atoms with E-state index in [0.717, 1.165) is 12.7 Å². The lowest BCUT2D eigenvalue weighted by molar-refractivity contribution is -0.121. The Bertz CT molecular complexity index is 1230. The van der Waals surface area contributed by atoms with Gasteiger partial charge in [0.05, 0.1) is 12.1 Å². The van der Waals surface area contributed by atoms with Gasteiger partial charge in [0.25, 0.3) is 0 Å². The van der Waals surface area contributed by atoms with Crippen molar-refractivity contribution in [2.75, 3.05) is 6.61 Å². The molecule has 0 amide bonds. The molecule has 2 aromatic carbocycles. The van der Waals surface area contributed by atoms with Crippen molar-refractivity contribution < 1.29 is 24.2 Å². The Hall–Kier alpha value is -3.41. The number of ketones is 1. The molecule has 0 unspecified atom stereocenters. The number of rotatable bonds is 14. The number of carbonyl (C=O) groups excluding carboxylic acids is 2. The summed E-state index contributed by atoms with van der Waals surface area (Å²) in [6.07, 6.45) is 9.40. The zero-order chi connectivity index (χ0) is 27.0. The Morgan fingerprint density at radius 1 is 0.973 bits per heavy atom. The lowest BCUT2D eigenvalue weighted by Crippen LogP contribution is -2.24. The maximum absolute atomic E-state index is 13.0. The number of carbonyl (C=O) groups is 3. The van der Waals surface area contributed by atoms with Crippen molar-refractivity contribution in [2.24, 2.45) is 0 Å². The summed E-state index contributed by atoms with van der Waals surface area (Å²) < 4.78 is 7.60. The fraction of sp³-hybridized carbons (Fsp3) is 0.452. The smallest absolute Gasteiger partial charge is 0.335 e. The summed E-state index contributed by atoms with van der Waals surface area (Å²) in [5, 5.41) is 9.94. The molecule has 0 spiro atoms. The first-order valence-corrected chi connectivity index (χ1v) is 13.2. The van der Waals surface area contributed by atoms with Crippen molar-refractivity contribution in [3.63, 3.8) is 0 Å². The molecule has 0 aliphatic heterocycles. The third kappa shape index (κ3) is 7.31. The van der Waals surface area contributed by atoms with Gasteiger partial charge < -0.3 is 14.4 Å². The molecule has 1 aromatic heterocycles. The largest absolute Gasteiger partial charge is 0.486 e. The average Bonchev–Trinajstić information content (AvgIpc) is 3.18. The summed E-state index contributed by atoms with van der Waals surface area (Å²) in [4.78, 5) is 36.5. The summed E-state index contributed by atoms with van der Waals surface area (Å²) in [6.45, 7) is 8.07. The summed E-state index contributed by atoms with van der Waals surface area (Å²) in [6, 6.07) is 12.6. The van der Waals surface area contributed by atoms with Crippen molar-refractivity contribution >= 4 is 28.9 Å². The van der Waals surface area contributed by atoms with E-state index in [0.29, 0.717) is 27.9 Å². The molecule has 198 valence electrons. The predicted molar refractivity (Wildman–Crippen MR) is 147 cm³/mol. The van der Waals surface area contributed by atoms with Crippen molar-refractivity contribution in [1.82, 2.24) is 4.57 Å². The van der Waals surface area contributed by atoms with E-state index in [-0.39, 0.29) is 24.5 Å². The Morgan fingerprint density at radius 2 is 1.65 bits per heavy atom. The van der Waals surface area contributed by atoms with Crippen molar-refractivity contribution in [3.8, 4) is 5.75 Å². The van der Waals surface area contributed by atoms with Crippen LogP contribution in [0.15, 0.2) is 42.5 Å². The highest BCUT2D eigenvalue weighted by Crippen LogP contribution is 2.34. The fourth-order valence-electron chi connectivity index (χ4n) is 4.85. The van der Waals surface area contributed by atoms with Gasteiger partial charge in [-0.3, -0.25) is 9.59 Å². The molecule has 6 nitrogen and oxygen atoms in total. The Kier molecular flexibility index (Phi) is 9.67. The number of benzene rings is 2. The highest BCUT2D eigenvalue weighted by molar-refractivity contribution is 6.03. The third-order valence-corrected chi connectivity index (χ3v) is 6.65. The van der Waals surface area contributed by atoms with Crippen molar-refractivity contribution in [1.29, 1.82) is 0 Å². The molecule has 37 heavy (non-hydrogen) atoms. The number of nitrogens with zero attached hydrogens (tertiary/aromatic N) is 1. The molecule has 3 aromatic rings. The number of aryl methyl sites for hydroxylation is 1. The minimum Gasteiger partial charge on any atom is -0.486 e. The first kappa shape index (κ1) is 28.2. The van der Waals surface area contributed by atoms with Crippen LogP contribution in [0.4, 0.5) is 0 Å². The van der Waals surface area contributed by atoms with Gasteiger partial charge in [0.1, 0.15) is 12.4 Å². The number of aromatic carboxylic acids is 1. The molecule has 0 bridgehead atoms. The van der Waals surface area contributed by atoms with Gasteiger partial charge >= 0.3 is 5.97 Å². The maximum Gasteiger partial charge on any atom is 0.335 e. The number of aromatic nitrogens is 1. The number of fused-ring (bicyclic) bond motifs is 1. The molecule has 0 aliphatic rings. The second-order valence-electron chi connectivity index (χ2n) is 10.7. The maximum atomic E-state index is 13.0. The normalized spacial score (nSPS) is 11.6. The molecule has 0 radical (unpaired) electrons. The Labute approximate surface area is 219 Å². The minimum atomic E-state index is -1.06. The fourth-order valence-corrected chi connectivity index (χ4v) is 4.85. The molecule has 0 aliphatic carbocycles. The van der Waals surface area contributed by atoms with E-state index in [1.54, 1.807) is 6.07 Å². The molecule has 3 rings (SSSR count). The molecule has 0 atom stereocenters. The number of aldehydes is 1. The highest BCUT2D eigenvalue weighted by Gasteiger charge is 2.28. The summed E-state index contributed by atoms with van der Waals surface area (Å²) >= 11 is 0. The van der Waals surface area contributed by atoms with E-state index in [2.05, 4.69) is 19.1 Å². The van der Waals surface area contributed by atoms with Crippen molar-refractivity contribution in [3.05, 3.63) is 64.8 Å². The van der Waals surface area contributed by atoms with Crippen LogP contribution in [0.2, 0.25) is 0 Å². The second kappa shape index (κ2) is 12.7. The summed E-state index contributed by atoms with van der Waals surface area (Å²) in [7, 11) is 0. The zero-order valence-electron chi connectivity index (χ0n) is 22.5. The van der Waals surface area contributed by atoms with Gasteiger partial charge in [-0.2, -0.15) is 0 Å². The van der Waals surface area contributed by atoms with Gasteiger partial charge in [-0.05, 0) is 48.7 Å². The average molecular weight is 506 g/mol. The predicted octanol–water partition coefficient (Wildman–Crippen LogP) is 7.00. The van der Waals surface area contributed by atoms with Crippen LogP contribution < -0.4 is 4.74 Å². The molecule has 1 N–H and O–H groups in total. The van der Waals surface area contributed by atoms with Gasteiger partial charge in [0, 0.05) is 27.6 Å². The Morgan fingerprint density at radius 3 is 2.27 bits per heavy atom. The van der Waals surface area contributed by atoms with Crippen LogP contribution in [0.5, 0.6) is 5.75 Å². The van der Waals surface area contributed by atoms with Crippen LogP contribution in [0.3, 0.4) is 0 Å².